The van der Waals surface area contributed by atoms with Crippen LogP contribution in [0.4, 0.5) is 0 Å². The summed E-state index contributed by atoms with van der Waals surface area (Å²) in [5.74, 6) is 0.855. The molecule has 2 heterocycles. The van der Waals surface area contributed by atoms with Crippen molar-refractivity contribution in [2.24, 2.45) is 0 Å². The summed E-state index contributed by atoms with van der Waals surface area (Å²) < 4.78 is 13.4. The van der Waals surface area contributed by atoms with Gasteiger partial charge in [0.1, 0.15) is 36.6 Å². The van der Waals surface area contributed by atoms with E-state index in [1.54, 1.807) is 0 Å². The molecule has 1 aliphatic heterocycles. The number of nitrogens with zero attached hydrogens (tertiary/aromatic N) is 1. The van der Waals surface area contributed by atoms with Crippen molar-refractivity contribution in [3.05, 3.63) is 77.3 Å². The highest BCUT2D eigenvalue weighted by molar-refractivity contribution is 8.00. The molecule has 0 bridgehead atoms. The van der Waals surface area contributed by atoms with Gasteiger partial charge in [0, 0.05) is 33.5 Å². The number of rotatable bonds is 6. The van der Waals surface area contributed by atoms with Gasteiger partial charge in [0.05, 0.1) is 23.6 Å². The van der Waals surface area contributed by atoms with E-state index in [9.17, 15) is 0 Å². The van der Waals surface area contributed by atoms with Gasteiger partial charge >= 0.3 is 0 Å². The van der Waals surface area contributed by atoms with Crippen molar-refractivity contribution >= 4 is 45.3 Å². The van der Waals surface area contributed by atoms with E-state index in [1.807, 2.05) is 30.3 Å². The van der Waals surface area contributed by atoms with Gasteiger partial charge in [0.25, 0.3) is 0 Å². The van der Waals surface area contributed by atoms with Gasteiger partial charge in [-0.15, -0.1) is 11.8 Å². The zero-order chi connectivity index (χ0) is 22.1. The Bertz CT molecular complexity index is 1220. The Balaban J connectivity index is 0.00000259. The highest BCUT2D eigenvalue weighted by Crippen LogP contribution is 2.34. The Labute approximate surface area is 215 Å². The molecule has 0 aliphatic carbocycles. The molecular formula is C27H29BrClNO2S. The number of furan rings is 1. The second-order valence-electron chi connectivity index (χ2n) is 9.08. The summed E-state index contributed by atoms with van der Waals surface area (Å²) in [6.45, 7) is 9.82. The Morgan fingerprint density at radius 1 is 0.939 bits per heavy atom. The Morgan fingerprint density at radius 2 is 1.61 bits per heavy atom. The molecule has 5 rings (SSSR count). The van der Waals surface area contributed by atoms with Crippen molar-refractivity contribution in [1.29, 1.82) is 0 Å². The van der Waals surface area contributed by atoms with Crippen molar-refractivity contribution in [1.82, 2.24) is 0 Å². The molecule has 4 aromatic rings. The molecule has 1 aromatic heterocycles. The Kier molecular flexibility index (Phi) is 7.64. The minimum Gasteiger partial charge on any atom is -1.00 e. The summed E-state index contributed by atoms with van der Waals surface area (Å²) in [4.78, 5) is 0. The smallest absolute Gasteiger partial charge is 0.139 e. The molecule has 174 valence electrons. The first-order chi connectivity index (χ1) is 15.5. The lowest BCUT2D eigenvalue weighted by molar-refractivity contribution is -0.941. The zero-order valence-electron chi connectivity index (χ0n) is 19.0. The van der Waals surface area contributed by atoms with Crippen LogP contribution in [0.2, 0.25) is 5.02 Å². The second-order valence-corrected chi connectivity index (χ2v) is 11.4. The Hall–Kier alpha value is -1.66. The van der Waals surface area contributed by atoms with E-state index < -0.39 is 0 Å². The topological polar surface area (TPSA) is 22.4 Å². The van der Waals surface area contributed by atoms with Gasteiger partial charge in [-0.2, -0.15) is 0 Å². The van der Waals surface area contributed by atoms with Crippen LogP contribution in [0.3, 0.4) is 0 Å². The fourth-order valence-electron chi connectivity index (χ4n) is 5.19. The van der Waals surface area contributed by atoms with Crippen LogP contribution in [0.15, 0.2) is 71.1 Å². The predicted octanol–water partition coefficient (Wildman–Crippen LogP) is 4.16. The summed E-state index contributed by atoms with van der Waals surface area (Å²) in [6.07, 6.45) is 0. The number of quaternary nitrogens is 1. The van der Waals surface area contributed by atoms with E-state index >= 15 is 0 Å². The molecular weight excluding hydrogens is 518 g/mol. The van der Waals surface area contributed by atoms with Crippen LogP contribution >= 0.6 is 23.4 Å². The first-order valence-corrected chi connectivity index (χ1v) is 12.6. The monoisotopic (exact) mass is 545 g/mol. The molecule has 0 N–H and O–H groups in total. The summed E-state index contributed by atoms with van der Waals surface area (Å²) in [6, 6.07) is 22.8. The third-order valence-electron chi connectivity index (χ3n) is 6.36. The number of hydrogen-bond acceptors (Lipinski definition) is 3. The third-order valence-corrected chi connectivity index (χ3v) is 7.82. The molecule has 3 aromatic carbocycles. The third kappa shape index (κ3) is 5.54. The molecule has 0 radical (unpaired) electrons. The summed E-state index contributed by atoms with van der Waals surface area (Å²) in [7, 11) is 0. The molecule has 1 fully saturated rings. The highest BCUT2D eigenvalue weighted by Gasteiger charge is 2.37. The number of fused-ring (bicyclic) bond motifs is 3. The maximum atomic E-state index is 6.26. The predicted molar refractivity (Wildman–Crippen MR) is 136 cm³/mol. The van der Waals surface area contributed by atoms with Gasteiger partial charge in [-0.25, -0.2) is 0 Å². The SMILES string of the molecule is CC1C[N+](CCOc2ccc3c(c2)oc2cc(Cl)ccc23)(Cc2ccccc2)CC(C)S1.[Br-]. The first-order valence-electron chi connectivity index (χ1n) is 11.3. The highest BCUT2D eigenvalue weighted by atomic mass is 79.9. The van der Waals surface area contributed by atoms with Gasteiger partial charge < -0.3 is 30.6 Å². The maximum absolute atomic E-state index is 6.26. The zero-order valence-corrected chi connectivity index (χ0v) is 22.1. The van der Waals surface area contributed by atoms with Crippen LogP contribution < -0.4 is 21.7 Å². The van der Waals surface area contributed by atoms with Gasteiger partial charge in [-0.3, -0.25) is 0 Å². The number of thioether (sulfide) groups is 1. The van der Waals surface area contributed by atoms with Gasteiger partial charge in [-0.1, -0.05) is 41.9 Å². The quantitative estimate of drug-likeness (QED) is 0.339. The standard InChI is InChI=1S/C27H29ClNO2S.BrH/c1-19-16-29(17-20(2)32-19,18-21-6-4-3-5-7-21)12-13-30-23-9-11-25-24-10-8-22(28)14-26(24)31-27(25)15-23;/h3-11,14-15,19-20H,12-13,16-18H2,1-2H3;1H/q+1;/p-1. The molecule has 0 spiro atoms. The van der Waals surface area contributed by atoms with E-state index in [1.165, 1.54) is 18.7 Å². The van der Waals surface area contributed by atoms with Gasteiger partial charge in [0.2, 0.25) is 0 Å². The average molecular weight is 547 g/mol. The van der Waals surface area contributed by atoms with Crippen LogP contribution in [-0.2, 0) is 6.54 Å². The van der Waals surface area contributed by atoms with Crippen molar-refractivity contribution in [3.63, 3.8) is 0 Å². The molecule has 2 atom stereocenters. The number of benzene rings is 3. The van der Waals surface area contributed by atoms with Crippen molar-refractivity contribution in [2.75, 3.05) is 26.2 Å². The van der Waals surface area contributed by atoms with E-state index in [-0.39, 0.29) is 17.0 Å². The van der Waals surface area contributed by atoms with Crippen molar-refractivity contribution < 1.29 is 30.6 Å². The fraction of sp³-hybridized carbons (Fsp3) is 0.333. The maximum Gasteiger partial charge on any atom is 0.139 e. The second kappa shape index (κ2) is 10.3. The van der Waals surface area contributed by atoms with Gasteiger partial charge in [0.15, 0.2) is 0 Å². The van der Waals surface area contributed by atoms with E-state index in [0.717, 1.165) is 45.3 Å². The van der Waals surface area contributed by atoms with Crippen molar-refractivity contribution in [2.45, 2.75) is 30.9 Å². The van der Waals surface area contributed by atoms with Crippen molar-refractivity contribution in [3.8, 4) is 5.75 Å². The fourth-order valence-corrected chi connectivity index (χ4v) is 6.95. The van der Waals surface area contributed by atoms with Gasteiger partial charge in [-0.05, 0) is 38.1 Å². The molecule has 0 saturated carbocycles. The summed E-state index contributed by atoms with van der Waals surface area (Å²) in [5.41, 5.74) is 3.05. The Morgan fingerprint density at radius 3 is 2.33 bits per heavy atom. The molecule has 1 aliphatic rings. The number of ether oxygens (including phenoxy) is 1. The molecule has 33 heavy (non-hydrogen) atoms. The van der Waals surface area contributed by atoms with Crippen LogP contribution in [0.1, 0.15) is 19.4 Å². The minimum absolute atomic E-state index is 0. The number of halogens is 2. The van der Waals surface area contributed by atoms with E-state index in [0.29, 0.717) is 22.1 Å². The molecule has 2 unspecified atom stereocenters. The normalized spacial score (nSPS) is 22.9. The number of hydrogen-bond donors (Lipinski definition) is 0. The largest absolute Gasteiger partial charge is 1.00 e. The van der Waals surface area contributed by atoms with Crippen LogP contribution in [0.5, 0.6) is 5.75 Å². The average Bonchev–Trinajstić information content (AvgIpc) is 3.10. The van der Waals surface area contributed by atoms with E-state index in [2.05, 4.69) is 62.0 Å². The lowest BCUT2D eigenvalue weighted by atomic mass is 10.1. The van der Waals surface area contributed by atoms with Crippen LogP contribution in [0.25, 0.3) is 21.9 Å². The molecule has 6 heteroatoms. The summed E-state index contributed by atoms with van der Waals surface area (Å²) in [5, 5.41) is 4.16. The summed E-state index contributed by atoms with van der Waals surface area (Å²) >= 11 is 8.23. The first kappa shape index (κ1) is 24.5. The molecule has 3 nitrogen and oxygen atoms in total. The lowest BCUT2D eigenvalue weighted by Crippen LogP contribution is -3.00. The van der Waals surface area contributed by atoms with Crippen LogP contribution in [-0.4, -0.2) is 41.2 Å². The minimum atomic E-state index is 0. The van der Waals surface area contributed by atoms with Crippen LogP contribution in [0, 0.1) is 0 Å². The lowest BCUT2D eigenvalue weighted by Gasteiger charge is -2.45. The van der Waals surface area contributed by atoms with E-state index in [4.69, 9.17) is 20.8 Å². The molecule has 1 saturated heterocycles. The molecule has 0 amide bonds.